The molecular formula is C22H18ClN3O3. The maximum atomic E-state index is 12.5. The molecule has 0 spiro atoms. The van der Waals surface area contributed by atoms with Crippen LogP contribution in [-0.2, 0) is 13.0 Å². The van der Waals surface area contributed by atoms with E-state index in [9.17, 15) is 14.9 Å². The summed E-state index contributed by atoms with van der Waals surface area (Å²) in [6, 6.07) is 19.7. The van der Waals surface area contributed by atoms with Crippen LogP contribution in [0.1, 0.15) is 21.5 Å². The van der Waals surface area contributed by atoms with E-state index in [0.29, 0.717) is 17.3 Å². The third-order valence-electron chi connectivity index (χ3n) is 5.01. The first-order chi connectivity index (χ1) is 14.0. The number of amides is 1. The van der Waals surface area contributed by atoms with E-state index in [4.69, 9.17) is 11.6 Å². The van der Waals surface area contributed by atoms with E-state index >= 15 is 0 Å². The van der Waals surface area contributed by atoms with Crippen LogP contribution < -0.4 is 10.2 Å². The Kier molecular flexibility index (Phi) is 5.18. The summed E-state index contributed by atoms with van der Waals surface area (Å²) in [7, 11) is 0. The number of halogens is 1. The van der Waals surface area contributed by atoms with Gasteiger partial charge in [0.25, 0.3) is 11.6 Å². The van der Waals surface area contributed by atoms with Crippen molar-refractivity contribution in [2.24, 2.45) is 0 Å². The summed E-state index contributed by atoms with van der Waals surface area (Å²) in [4.78, 5) is 25.7. The quantitative estimate of drug-likeness (QED) is 0.483. The lowest BCUT2D eigenvalue weighted by Crippen LogP contribution is -2.23. The van der Waals surface area contributed by atoms with Crippen molar-refractivity contribution in [2.75, 3.05) is 11.4 Å². The lowest BCUT2D eigenvalue weighted by molar-refractivity contribution is -0.384. The first-order valence-electron chi connectivity index (χ1n) is 9.20. The number of nitro benzene ring substituents is 1. The number of para-hydroxylation sites is 1. The van der Waals surface area contributed by atoms with Gasteiger partial charge in [0.05, 0.1) is 4.92 Å². The van der Waals surface area contributed by atoms with Gasteiger partial charge in [-0.15, -0.1) is 0 Å². The maximum absolute atomic E-state index is 12.5. The molecule has 1 aliphatic heterocycles. The van der Waals surface area contributed by atoms with Gasteiger partial charge in [0.15, 0.2) is 0 Å². The normalized spacial score (nSPS) is 12.5. The number of nitro groups is 1. The predicted octanol–water partition coefficient (Wildman–Crippen LogP) is 4.87. The average molecular weight is 408 g/mol. The van der Waals surface area contributed by atoms with Gasteiger partial charge < -0.3 is 10.2 Å². The molecule has 0 atom stereocenters. The van der Waals surface area contributed by atoms with Crippen molar-refractivity contribution in [1.29, 1.82) is 0 Å². The molecule has 1 heterocycles. The standard InChI is InChI=1S/C22H18ClN3O3/c23-18-7-3-1-6-17(18)14-24-22(27)16-9-10-20(21(13-16)26(28)29)25-12-11-15-5-2-4-8-19(15)25/h1-10,13H,11-12,14H2,(H,24,27). The van der Waals surface area contributed by atoms with Gasteiger partial charge in [-0.1, -0.05) is 48.0 Å². The Morgan fingerprint density at radius 2 is 1.83 bits per heavy atom. The van der Waals surface area contributed by atoms with E-state index < -0.39 is 4.92 Å². The van der Waals surface area contributed by atoms with E-state index in [1.54, 1.807) is 18.2 Å². The topological polar surface area (TPSA) is 75.5 Å². The summed E-state index contributed by atoms with van der Waals surface area (Å²) >= 11 is 6.11. The molecule has 3 aromatic rings. The van der Waals surface area contributed by atoms with Crippen LogP contribution in [0.4, 0.5) is 17.1 Å². The van der Waals surface area contributed by atoms with Crippen molar-refractivity contribution >= 4 is 34.6 Å². The molecule has 6 nitrogen and oxygen atoms in total. The molecule has 1 amide bonds. The minimum Gasteiger partial charge on any atom is -0.348 e. The fourth-order valence-corrected chi connectivity index (χ4v) is 3.75. The third kappa shape index (κ3) is 3.79. The molecule has 4 rings (SSSR count). The van der Waals surface area contributed by atoms with Crippen molar-refractivity contribution in [1.82, 2.24) is 5.32 Å². The molecule has 0 aromatic heterocycles. The molecule has 0 aliphatic carbocycles. The molecule has 0 saturated heterocycles. The van der Waals surface area contributed by atoms with Crippen molar-refractivity contribution in [3.63, 3.8) is 0 Å². The molecule has 29 heavy (non-hydrogen) atoms. The number of nitrogens with zero attached hydrogens (tertiary/aromatic N) is 2. The number of carbonyl (C=O) groups excluding carboxylic acids is 1. The molecule has 0 unspecified atom stereocenters. The molecule has 0 fully saturated rings. The number of anilines is 2. The fourth-order valence-electron chi connectivity index (χ4n) is 3.55. The van der Waals surface area contributed by atoms with Crippen molar-refractivity contribution in [2.45, 2.75) is 13.0 Å². The number of carbonyl (C=O) groups is 1. The summed E-state index contributed by atoms with van der Waals surface area (Å²) in [5.74, 6) is -0.388. The Morgan fingerprint density at radius 1 is 1.07 bits per heavy atom. The van der Waals surface area contributed by atoms with Gasteiger partial charge in [-0.3, -0.25) is 14.9 Å². The van der Waals surface area contributed by atoms with Crippen LogP contribution in [0.2, 0.25) is 5.02 Å². The van der Waals surface area contributed by atoms with E-state index in [1.165, 1.54) is 6.07 Å². The minimum atomic E-state index is -0.443. The van der Waals surface area contributed by atoms with E-state index in [0.717, 1.165) is 23.2 Å². The lowest BCUT2D eigenvalue weighted by atomic mass is 10.1. The molecule has 7 heteroatoms. The van der Waals surface area contributed by atoms with Crippen LogP contribution in [0.5, 0.6) is 0 Å². The van der Waals surface area contributed by atoms with E-state index in [2.05, 4.69) is 5.32 Å². The Bertz CT molecular complexity index is 1100. The minimum absolute atomic E-state index is 0.0907. The summed E-state index contributed by atoms with van der Waals surface area (Å²) in [5.41, 5.74) is 3.53. The van der Waals surface area contributed by atoms with Crippen LogP contribution >= 0.6 is 11.6 Å². The largest absolute Gasteiger partial charge is 0.348 e. The number of fused-ring (bicyclic) bond motifs is 1. The molecule has 0 bridgehead atoms. The third-order valence-corrected chi connectivity index (χ3v) is 5.38. The smallest absolute Gasteiger partial charge is 0.293 e. The van der Waals surface area contributed by atoms with Gasteiger partial charge in [0, 0.05) is 35.4 Å². The number of hydrogen-bond acceptors (Lipinski definition) is 4. The highest BCUT2D eigenvalue weighted by Gasteiger charge is 2.27. The first-order valence-corrected chi connectivity index (χ1v) is 9.58. The highest BCUT2D eigenvalue weighted by Crippen LogP contribution is 2.39. The van der Waals surface area contributed by atoms with Crippen molar-refractivity contribution in [3.8, 4) is 0 Å². The number of rotatable bonds is 5. The Balaban J connectivity index is 1.59. The molecule has 0 radical (unpaired) electrons. The van der Waals surface area contributed by atoms with Gasteiger partial charge in [-0.2, -0.15) is 0 Å². The number of benzene rings is 3. The Morgan fingerprint density at radius 3 is 2.62 bits per heavy atom. The highest BCUT2D eigenvalue weighted by molar-refractivity contribution is 6.31. The zero-order valence-corrected chi connectivity index (χ0v) is 16.2. The van der Waals surface area contributed by atoms with Crippen LogP contribution in [0.3, 0.4) is 0 Å². The predicted molar refractivity (Wildman–Crippen MR) is 113 cm³/mol. The summed E-state index contributed by atoms with van der Waals surface area (Å²) in [6.45, 7) is 0.909. The van der Waals surface area contributed by atoms with E-state index in [-0.39, 0.29) is 23.7 Å². The zero-order valence-electron chi connectivity index (χ0n) is 15.5. The second kappa shape index (κ2) is 7.93. The van der Waals surface area contributed by atoms with Crippen LogP contribution in [0.25, 0.3) is 0 Å². The summed E-state index contributed by atoms with van der Waals surface area (Å²) in [6.07, 6.45) is 0.827. The molecular weight excluding hydrogens is 390 g/mol. The summed E-state index contributed by atoms with van der Waals surface area (Å²) < 4.78 is 0. The monoisotopic (exact) mass is 407 g/mol. The maximum Gasteiger partial charge on any atom is 0.293 e. The van der Waals surface area contributed by atoms with Gasteiger partial charge in [0.1, 0.15) is 5.69 Å². The highest BCUT2D eigenvalue weighted by atomic mass is 35.5. The van der Waals surface area contributed by atoms with Crippen LogP contribution in [0.15, 0.2) is 66.7 Å². The average Bonchev–Trinajstić information content (AvgIpc) is 3.16. The Hall–Kier alpha value is -3.38. The molecule has 1 N–H and O–H groups in total. The second-order valence-corrected chi connectivity index (χ2v) is 7.17. The SMILES string of the molecule is O=C(NCc1ccccc1Cl)c1ccc(N2CCc3ccccc32)c([N+](=O)[O-])c1. The van der Waals surface area contributed by atoms with Gasteiger partial charge in [0.2, 0.25) is 0 Å². The van der Waals surface area contributed by atoms with Crippen LogP contribution in [0, 0.1) is 10.1 Å². The molecule has 0 saturated carbocycles. The zero-order chi connectivity index (χ0) is 20.4. The lowest BCUT2D eigenvalue weighted by Gasteiger charge is -2.19. The first kappa shape index (κ1) is 19.0. The number of hydrogen-bond donors (Lipinski definition) is 1. The van der Waals surface area contributed by atoms with Crippen LogP contribution in [-0.4, -0.2) is 17.4 Å². The molecule has 1 aliphatic rings. The second-order valence-electron chi connectivity index (χ2n) is 6.77. The van der Waals surface area contributed by atoms with Gasteiger partial charge in [-0.05, 0) is 41.8 Å². The fraction of sp³-hybridized carbons (Fsp3) is 0.136. The molecule has 3 aromatic carbocycles. The van der Waals surface area contributed by atoms with E-state index in [1.807, 2.05) is 47.4 Å². The number of nitrogens with one attached hydrogen (secondary N) is 1. The van der Waals surface area contributed by atoms with Gasteiger partial charge >= 0.3 is 0 Å². The molecule has 146 valence electrons. The Labute approximate surface area is 172 Å². The van der Waals surface area contributed by atoms with Crippen molar-refractivity contribution in [3.05, 3.63) is 98.6 Å². The summed E-state index contributed by atoms with van der Waals surface area (Å²) in [5, 5.41) is 15.0. The van der Waals surface area contributed by atoms with Gasteiger partial charge in [-0.25, -0.2) is 0 Å². The van der Waals surface area contributed by atoms with Crippen molar-refractivity contribution < 1.29 is 9.72 Å².